The van der Waals surface area contributed by atoms with Gasteiger partial charge < -0.3 is 9.26 Å². The van der Waals surface area contributed by atoms with Crippen molar-refractivity contribution in [2.24, 2.45) is 5.92 Å². The first-order chi connectivity index (χ1) is 15.6. The third-order valence-corrected chi connectivity index (χ3v) is 5.60. The predicted octanol–water partition coefficient (Wildman–Crippen LogP) is 5.25. The fraction of sp³-hybridized carbons (Fsp3) is 0.304. The first-order valence-corrected chi connectivity index (χ1v) is 11.4. The van der Waals surface area contributed by atoms with Gasteiger partial charge in [0.25, 0.3) is 0 Å². The van der Waals surface area contributed by atoms with Crippen molar-refractivity contribution >= 4 is 11.8 Å². The molecule has 7 nitrogen and oxygen atoms in total. The lowest BCUT2D eigenvalue weighted by atomic mass is 10.1. The van der Waals surface area contributed by atoms with Crippen molar-refractivity contribution in [3.8, 4) is 11.4 Å². The van der Waals surface area contributed by atoms with Crippen LogP contribution >= 0.6 is 11.8 Å². The van der Waals surface area contributed by atoms with Crippen LogP contribution in [0, 0.1) is 11.7 Å². The van der Waals surface area contributed by atoms with Gasteiger partial charge in [-0.15, -0.1) is 10.2 Å². The lowest BCUT2D eigenvalue weighted by molar-refractivity contribution is 0.278. The van der Waals surface area contributed by atoms with Crippen molar-refractivity contribution in [1.82, 2.24) is 24.9 Å². The van der Waals surface area contributed by atoms with E-state index in [2.05, 4.69) is 34.2 Å². The summed E-state index contributed by atoms with van der Waals surface area (Å²) < 4.78 is 26.9. The zero-order valence-corrected chi connectivity index (χ0v) is 18.8. The number of rotatable bonds is 10. The van der Waals surface area contributed by atoms with E-state index in [1.165, 1.54) is 17.8 Å². The summed E-state index contributed by atoms with van der Waals surface area (Å²) in [6.45, 7) is 4.41. The van der Waals surface area contributed by atoms with E-state index >= 15 is 0 Å². The molecule has 32 heavy (non-hydrogen) atoms. The summed E-state index contributed by atoms with van der Waals surface area (Å²) in [5.74, 6) is 2.62. The highest BCUT2D eigenvalue weighted by Crippen LogP contribution is 2.26. The topological polar surface area (TPSA) is 78.9 Å². The molecule has 0 aliphatic rings. The van der Waals surface area contributed by atoms with Gasteiger partial charge in [0.15, 0.2) is 28.4 Å². The number of aromatic nitrogens is 5. The average Bonchev–Trinajstić information content (AvgIpc) is 3.43. The predicted molar refractivity (Wildman–Crippen MR) is 119 cm³/mol. The quantitative estimate of drug-likeness (QED) is 0.304. The second-order valence-electron chi connectivity index (χ2n) is 7.61. The Kier molecular flexibility index (Phi) is 7.16. The van der Waals surface area contributed by atoms with Crippen LogP contribution in [0.3, 0.4) is 0 Å². The van der Waals surface area contributed by atoms with E-state index in [0.717, 1.165) is 24.4 Å². The second-order valence-corrected chi connectivity index (χ2v) is 8.56. The third-order valence-electron chi connectivity index (χ3n) is 4.69. The van der Waals surface area contributed by atoms with Gasteiger partial charge in [0.2, 0.25) is 5.89 Å². The van der Waals surface area contributed by atoms with Crippen molar-refractivity contribution in [1.29, 1.82) is 0 Å². The van der Waals surface area contributed by atoms with Crippen LogP contribution in [0.4, 0.5) is 4.39 Å². The molecule has 0 spiro atoms. The zero-order valence-electron chi connectivity index (χ0n) is 17.9. The lowest BCUT2D eigenvalue weighted by Gasteiger charge is -2.11. The molecule has 9 heteroatoms. The molecule has 0 amide bonds. The van der Waals surface area contributed by atoms with E-state index < -0.39 is 5.82 Å². The molecule has 4 rings (SSSR count). The molecule has 166 valence electrons. The van der Waals surface area contributed by atoms with E-state index in [1.807, 2.05) is 34.9 Å². The number of thioether (sulfide) groups is 1. The Morgan fingerprint density at radius 3 is 2.62 bits per heavy atom. The van der Waals surface area contributed by atoms with Gasteiger partial charge in [0.05, 0.1) is 5.75 Å². The molecule has 0 aliphatic heterocycles. The number of para-hydroxylation sites is 2. The van der Waals surface area contributed by atoms with Gasteiger partial charge in [-0.25, -0.2) is 4.39 Å². The molecular weight excluding hydrogens is 429 g/mol. The van der Waals surface area contributed by atoms with Gasteiger partial charge in [-0.1, -0.05) is 61.1 Å². The molecule has 2 aromatic carbocycles. The Balaban J connectivity index is 1.50. The molecule has 2 aromatic heterocycles. The molecule has 0 atom stereocenters. The van der Waals surface area contributed by atoms with Crippen LogP contribution in [0.15, 0.2) is 64.3 Å². The van der Waals surface area contributed by atoms with E-state index in [-0.39, 0.29) is 12.4 Å². The van der Waals surface area contributed by atoms with E-state index in [4.69, 9.17) is 9.26 Å². The zero-order chi connectivity index (χ0) is 22.3. The second kappa shape index (κ2) is 10.4. The number of nitrogens with zero attached hydrogens (tertiary/aromatic N) is 5. The van der Waals surface area contributed by atoms with Crippen LogP contribution in [-0.2, 0) is 18.8 Å². The Morgan fingerprint density at radius 2 is 1.84 bits per heavy atom. The maximum absolute atomic E-state index is 13.9. The van der Waals surface area contributed by atoms with Gasteiger partial charge in [-0.05, 0) is 36.6 Å². The number of benzene rings is 2. The monoisotopic (exact) mass is 453 g/mol. The molecule has 0 fully saturated rings. The molecule has 0 saturated heterocycles. The maximum atomic E-state index is 13.9. The van der Waals surface area contributed by atoms with E-state index in [1.54, 1.807) is 18.2 Å². The Hall–Kier alpha value is -3.20. The normalized spacial score (nSPS) is 11.2. The van der Waals surface area contributed by atoms with Crippen molar-refractivity contribution in [3.63, 3.8) is 0 Å². The van der Waals surface area contributed by atoms with E-state index in [0.29, 0.717) is 28.5 Å². The third kappa shape index (κ3) is 5.53. The summed E-state index contributed by atoms with van der Waals surface area (Å²) in [7, 11) is 0. The van der Waals surface area contributed by atoms with Gasteiger partial charge in [-0.3, -0.25) is 4.57 Å². The van der Waals surface area contributed by atoms with Gasteiger partial charge in [0.1, 0.15) is 6.61 Å². The van der Waals surface area contributed by atoms with Crippen molar-refractivity contribution in [2.45, 2.75) is 44.2 Å². The van der Waals surface area contributed by atoms with Gasteiger partial charge in [-0.2, -0.15) is 4.98 Å². The number of ether oxygens (including phenoxy) is 1. The number of halogens is 1. The first kappa shape index (κ1) is 22.0. The number of hydrogen-bond donors (Lipinski definition) is 0. The number of aryl methyl sites for hydroxylation is 1. The van der Waals surface area contributed by atoms with Crippen LogP contribution < -0.4 is 4.74 Å². The van der Waals surface area contributed by atoms with Crippen molar-refractivity contribution in [2.75, 3.05) is 0 Å². The summed E-state index contributed by atoms with van der Waals surface area (Å²) in [6.07, 6.45) is 1.81. The van der Waals surface area contributed by atoms with Crippen molar-refractivity contribution < 1.29 is 13.7 Å². The highest BCUT2D eigenvalue weighted by Gasteiger charge is 2.17. The van der Waals surface area contributed by atoms with Crippen LogP contribution in [0.25, 0.3) is 5.69 Å². The molecule has 0 aliphatic carbocycles. The minimum absolute atomic E-state index is 0.0727. The summed E-state index contributed by atoms with van der Waals surface area (Å²) in [4.78, 5) is 4.47. The van der Waals surface area contributed by atoms with Crippen LogP contribution in [-0.4, -0.2) is 24.9 Å². The smallest absolute Gasteiger partial charge is 0.237 e. The van der Waals surface area contributed by atoms with Gasteiger partial charge >= 0.3 is 0 Å². The minimum atomic E-state index is -0.419. The Morgan fingerprint density at radius 1 is 1.06 bits per heavy atom. The number of hydrogen-bond acceptors (Lipinski definition) is 7. The highest BCUT2D eigenvalue weighted by atomic mass is 32.2. The SMILES string of the molecule is CC(C)CCc1noc(CSc2nnc(COc3ccccc3F)n2-c2ccccc2)n1. The molecule has 0 saturated carbocycles. The summed E-state index contributed by atoms with van der Waals surface area (Å²) in [5.41, 5.74) is 0.885. The van der Waals surface area contributed by atoms with Crippen LogP contribution in [0.5, 0.6) is 5.75 Å². The first-order valence-electron chi connectivity index (χ1n) is 10.4. The fourth-order valence-corrected chi connectivity index (χ4v) is 3.83. The summed E-state index contributed by atoms with van der Waals surface area (Å²) in [5, 5.41) is 13.3. The van der Waals surface area contributed by atoms with Crippen LogP contribution in [0.2, 0.25) is 0 Å². The van der Waals surface area contributed by atoms with Gasteiger partial charge in [0, 0.05) is 12.1 Å². The fourth-order valence-electron chi connectivity index (χ4n) is 3.02. The summed E-state index contributed by atoms with van der Waals surface area (Å²) >= 11 is 1.44. The minimum Gasteiger partial charge on any atom is -0.483 e. The molecule has 0 N–H and O–H groups in total. The molecule has 4 aromatic rings. The largest absolute Gasteiger partial charge is 0.483 e. The maximum Gasteiger partial charge on any atom is 0.237 e. The molecule has 0 radical (unpaired) electrons. The highest BCUT2D eigenvalue weighted by molar-refractivity contribution is 7.98. The Labute approximate surface area is 190 Å². The molecule has 0 unspecified atom stereocenters. The molecular formula is C23H24FN5O2S. The van der Waals surface area contributed by atoms with Crippen LogP contribution in [0.1, 0.15) is 37.8 Å². The molecule has 0 bridgehead atoms. The molecule has 2 heterocycles. The lowest BCUT2D eigenvalue weighted by Crippen LogP contribution is -2.07. The standard InChI is InChI=1S/C23H24FN5O2S/c1-16(2)12-13-20-25-22(31-28-20)15-32-23-27-26-21(29(23)17-8-4-3-5-9-17)14-30-19-11-7-6-10-18(19)24/h3-11,16H,12-15H2,1-2H3. The van der Waals surface area contributed by atoms with E-state index in [9.17, 15) is 4.39 Å². The average molecular weight is 454 g/mol. The Bertz CT molecular complexity index is 1150. The van der Waals surface area contributed by atoms with Crippen molar-refractivity contribution in [3.05, 3.63) is 78.0 Å². The summed E-state index contributed by atoms with van der Waals surface area (Å²) in [6, 6.07) is 16.0.